The highest BCUT2D eigenvalue weighted by Gasteiger charge is 2.34. The second-order valence-electron chi connectivity index (χ2n) is 6.78. The minimum Gasteiger partial charge on any atom is -0.386 e. The standard InChI is InChI=1S/C21H23FN2O5/c1-28-12-19(25)23-17-8-4-15(5-9-17)21(27)18-11-29-13-20(26)24(18)10-14-2-6-16(22)7-3-14/h2-9,18,21,27H,10-13H2,1H3,(H,23,25)/t18-,21-/m1/s1. The quantitative estimate of drug-likeness (QED) is 0.738. The van der Waals surface area contributed by atoms with Gasteiger partial charge in [0.25, 0.3) is 0 Å². The number of nitrogens with one attached hydrogen (secondary N) is 1. The van der Waals surface area contributed by atoms with Crippen LogP contribution in [0.2, 0.25) is 0 Å². The Bertz CT molecular complexity index is 841. The van der Waals surface area contributed by atoms with Crippen molar-refractivity contribution in [3.05, 3.63) is 65.5 Å². The van der Waals surface area contributed by atoms with Gasteiger partial charge >= 0.3 is 0 Å². The zero-order valence-electron chi connectivity index (χ0n) is 16.0. The Morgan fingerprint density at radius 2 is 1.97 bits per heavy atom. The van der Waals surface area contributed by atoms with Gasteiger partial charge in [-0.2, -0.15) is 0 Å². The minimum absolute atomic E-state index is 0.0513. The molecule has 2 aromatic rings. The van der Waals surface area contributed by atoms with Crippen molar-refractivity contribution in [2.75, 3.05) is 32.2 Å². The number of halogens is 1. The first-order valence-electron chi connectivity index (χ1n) is 9.16. The number of rotatable bonds is 7. The third kappa shape index (κ3) is 5.38. The first-order chi connectivity index (χ1) is 14.0. The topological polar surface area (TPSA) is 88.1 Å². The van der Waals surface area contributed by atoms with E-state index in [4.69, 9.17) is 9.47 Å². The molecule has 1 aliphatic rings. The van der Waals surface area contributed by atoms with Crippen LogP contribution in [-0.4, -0.2) is 54.8 Å². The molecule has 0 aromatic heterocycles. The maximum absolute atomic E-state index is 13.1. The molecule has 2 aromatic carbocycles. The number of morpholine rings is 1. The fourth-order valence-electron chi connectivity index (χ4n) is 3.19. The van der Waals surface area contributed by atoms with Crippen LogP contribution < -0.4 is 5.32 Å². The van der Waals surface area contributed by atoms with E-state index in [1.807, 2.05) is 0 Å². The third-order valence-electron chi connectivity index (χ3n) is 4.68. The van der Waals surface area contributed by atoms with E-state index in [2.05, 4.69) is 5.32 Å². The second-order valence-corrected chi connectivity index (χ2v) is 6.78. The highest BCUT2D eigenvalue weighted by atomic mass is 19.1. The lowest BCUT2D eigenvalue weighted by atomic mass is 9.99. The van der Waals surface area contributed by atoms with Crippen molar-refractivity contribution in [2.45, 2.75) is 18.7 Å². The fourth-order valence-corrected chi connectivity index (χ4v) is 3.19. The molecule has 8 heteroatoms. The van der Waals surface area contributed by atoms with E-state index in [1.54, 1.807) is 41.3 Å². The van der Waals surface area contributed by atoms with Crippen molar-refractivity contribution in [3.63, 3.8) is 0 Å². The molecule has 7 nitrogen and oxygen atoms in total. The minimum atomic E-state index is -0.983. The highest BCUT2D eigenvalue weighted by molar-refractivity contribution is 5.91. The fraction of sp³-hybridized carbons (Fsp3) is 0.333. The van der Waals surface area contributed by atoms with Crippen LogP contribution in [-0.2, 0) is 25.6 Å². The molecule has 0 bridgehead atoms. The molecule has 3 rings (SSSR count). The number of carbonyl (C=O) groups is 2. The number of anilines is 1. The molecular formula is C21H23FN2O5. The van der Waals surface area contributed by atoms with E-state index in [0.29, 0.717) is 11.3 Å². The number of ether oxygens (including phenoxy) is 2. The average molecular weight is 402 g/mol. The van der Waals surface area contributed by atoms with Crippen molar-refractivity contribution in [1.82, 2.24) is 4.90 Å². The molecule has 1 aliphatic heterocycles. The molecule has 154 valence electrons. The molecule has 0 radical (unpaired) electrons. The maximum Gasteiger partial charge on any atom is 0.250 e. The predicted octanol–water partition coefficient (Wildman–Crippen LogP) is 1.87. The van der Waals surface area contributed by atoms with Gasteiger partial charge in [-0.15, -0.1) is 0 Å². The molecule has 2 atom stereocenters. The summed E-state index contributed by atoms with van der Waals surface area (Å²) in [5.41, 5.74) is 1.92. The van der Waals surface area contributed by atoms with Gasteiger partial charge < -0.3 is 24.8 Å². The SMILES string of the molecule is COCC(=O)Nc1ccc([C@@H](O)[C@H]2COCC(=O)N2Cc2ccc(F)cc2)cc1. The van der Waals surface area contributed by atoms with Crippen LogP contribution >= 0.6 is 0 Å². The number of methoxy groups -OCH3 is 1. The Kier molecular flexibility index (Phi) is 6.92. The molecule has 0 spiro atoms. The largest absolute Gasteiger partial charge is 0.386 e. The number of nitrogens with zero attached hydrogens (tertiary/aromatic N) is 1. The molecule has 1 saturated heterocycles. The summed E-state index contributed by atoms with van der Waals surface area (Å²) in [6, 6.07) is 12.0. The lowest BCUT2D eigenvalue weighted by Gasteiger charge is -2.38. The zero-order valence-corrected chi connectivity index (χ0v) is 16.0. The summed E-state index contributed by atoms with van der Waals surface area (Å²) >= 11 is 0. The van der Waals surface area contributed by atoms with E-state index in [9.17, 15) is 19.1 Å². The number of hydrogen-bond donors (Lipinski definition) is 2. The van der Waals surface area contributed by atoms with Crippen LogP contribution in [0, 0.1) is 5.82 Å². The van der Waals surface area contributed by atoms with Crippen molar-refractivity contribution in [2.24, 2.45) is 0 Å². The normalized spacial score (nSPS) is 17.8. The molecule has 29 heavy (non-hydrogen) atoms. The Hall–Kier alpha value is -2.81. The maximum atomic E-state index is 13.1. The van der Waals surface area contributed by atoms with Gasteiger partial charge in [-0.3, -0.25) is 9.59 Å². The van der Waals surface area contributed by atoms with Gasteiger partial charge in [-0.1, -0.05) is 24.3 Å². The van der Waals surface area contributed by atoms with E-state index in [1.165, 1.54) is 19.2 Å². The van der Waals surface area contributed by atoms with Gasteiger partial charge in [0.1, 0.15) is 25.1 Å². The van der Waals surface area contributed by atoms with Crippen LogP contribution in [0.15, 0.2) is 48.5 Å². The van der Waals surface area contributed by atoms with Gasteiger partial charge in [0.05, 0.1) is 12.6 Å². The van der Waals surface area contributed by atoms with Crippen LogP contribution in [0.25, 0.3) is 0 Å². The van der Waals surface area contributed by atoms with Crippen LogP contribution in [0.3, 0.4) is 0 Å². The van der Waals surface area contributed by atoms with Gasteiger partial charge in [-0.05, 0) is 35.4 Å². The molecule has 1 heterocycles. The molecule has 2 amide bonds. The second kappa shape index (κ2) is 9.60. The van der Waals surface area contributed by atoms with Crippen molar-refractivity contribution >= 4 is 17.5 Å². The van der Waals surface area contributed by atoms with E-state index in [-0.39, 0.29) is 44.0 Å². The Morgan fingerprint density at radius 1 is 1.28 bits per heavy atom. The molecule has 0 saturated carbocycles. The first-order valence-corrected chi connectivity index (χ1v) is 9.16. The number of carbonyl (C=O) groups excluding carboxylic acids is 2. The Balaban J connectivity index is 1.72. The third-order valence-corrected chi connectivity index (χ3v) is 4.68. The summed E-state index contributed by atoms with van der Waals surface area (Å²) in [5.74, 6) is -0.873. The van der Waals surface area contributed by atoms with Crippen molar-refractivity contribution in [1.29, 1.82) is 0 Å². The predicted molar refractivity (Wildman–Crippen MR) is 103 cm³/mol. The lowest BCUT2D eigenvalue weighted by Crippen LogP contribution is -2.51. The summed E-state index contributed by atoms with van der Waals surface area (Å²) in [6.45, 7) is 0.314. The summed E-state index contributed by atoms with van der Waals surface area (Å²) in [5, 5.41) is 13.5. The molecule has 1 fully saturated rings. The highest BCUT2D eigenvalue weighted by Crippen LogP contribution is 2.26. The Morgan fingerprint density at radius 3 is 2.62 bits per heavy atom. The average Bonchev–Trinajstić information content (AvgIpc) is 2.71. The molecule has 0 unspecified atom stereocenters. The summed E-state index contributed by atoms with van der Waals surface area (Å²) < 4.78 is 23.3. The number of hydrogen-bond acceptors (Lipinski definition) is 5. The lowest BCUT2D eigenvalue weighted by molar-refractivity contribution is -0.155. The van der Waals surface area contributed by atoms with Crippen LogP contribution in [0.1, 0.15) is 17.2 Å². The van der Waals surface area contributed by atoms with Gasteiger partial charge in [0.15, 0.2) is 0 Å². The summed E-state index contributed by atoms with van der Waals surface area (Å²) in [7, 11) is 1.43. The van der Waals surface area contributed by atoms with Gasteiger partial charge in [0.2, 0.25) is 11.8 Å². The van der Waals surface area contributed by atoms with Crippen molar-refractivity contribution in [3.8, 4) is 0 Å². The monoisotopic (exact) mass is 402 g/mol. The smallest absolute Gasteiger partial charge is 0.250 e. The summed E-state index contributed by atoms with van der Waals surface area (Å²) in [6.07, 6.45) is -0.983. The molecule has 2 N–H and O–H groups in total. The first kappa shape index (κ1) is 20.9. The van der Waals surface area contributed by atoms with Crippen molar-refractivity contribution < 1.29 is 28.6 Å². The number of benzene rings is 2. The van der Waals surface area contributed by atoms with Crippen LogP contribution in [0.4, 0.5) is 10.1 Å². The van der Waals surface area contributed by atoms with Crippen LogP contribution in [0.5, 0.6) is 0 Å². The Labute approximate surface area is 168 Å². The number of aliphatic hydroxyl groups excluding tert-OH is 1. The van der Waals surface area contributed by atoms with E-state index in [0.717, 1.165) is 5.56 Å². The van der Waals surface area contributed by atoms with E-state index >= 15 is 0 Å². The zero-order chi connectivity index (χ0) is 20.8. The number of aliphatic hydroxyl groups is 1. The summed E-state index contributed by atoms with van der Waals surface area (Å²) in [4.78, 5) is 25.5. The molecule has 0 aliphatic carbocycles. The van der Waals surface area contributed by atoms with E-state index < -0.39 is 12.1 Å². The van der Waals surface area contributed by atoms with Gasteiger partial charge in [-0.25, -0.2) is 4.39 Å². The molecular weight excluding hydrogens is 379 g/mol. The number of amides is 2. The van der Waals surface area contributed by atoms with Gasteiger partial charge in [0, 0.05) is 19.3 Å².